The zero-order valence-electron chi connectivity index (χ0n) is 28.0. The second-order valence-electron chi connectivity index (χ2n) is 11.9. The van der Waals surface area contributed by atoms with Crippen molar-refractivity contribution in [1.82, 2.24) is 19.9 Å². The van der Waals surface area contributed by atoms with E-state index in [1.165, 1.54) is 11.8 Å². The maximum atomic E-state index is 13.5. The number of piperidine rings is 1. The van der Waals surface area contributed by atoms with Gasteiger partial charge in [-0.25, -0.2) is 9.48 Å². The molecule has 0 spiro atoms. The molecule has 1 atom stereocenters. The first-order valence-corrected chi connectivity index (χ1v) is 17.3. The molecule has 1 saturated heterocycles. The van der Waals surface area contributed by atoms with Gasteiger partial charge in [-0.2, -0.15) is 0 Å². The molecule has 0 saturated carbocycles. The SMILES string of the molecule is CCOC(=O)c1c(/C=C2\CN(C(c3ccccc3)(c3ccccc3)c3ccccc3)CCC2SC(C)=O)nnn1Cc1ccc(OC)cc1. The third-order valence-electron chi connectivity index (χ3n) is 8.85. The smallest absolute Gasteiger partial charge is 0.358 e. The van der Waals surface area contributed by atoms with Crippen molar-refractivity contribution in [2.45, 2.75) is 37.6 Å². The molecule has 0 amide bonds. The number of rotatable bonds is 11. The molecular formula is C40H40N4O4S. The Morgan fingerprint density at radius 1 is 0.878 bits per heavy atom. The number of carbonyl (C=O) groups is 2. The number of ether oxygens (including phenoxy) is 2. The Balaban J connectivity index is 1.48. The van der Waals surface area contributed by atoms with E-state index in [1.807, 2.05) is 48.5 Å². The lowest BCUT2D eigenvalue weighted by Gasteiger charge is -2.49. The lowest BCUT2D eigenvalue weighted by Crippen LogP contribution is -2.52. The lowest BCUT2D eigenvalue weighted by atomic mass is 9.74. The fourth-order valence-electron chi connectivity index (χ4n) is 6.73. The van der Waals surface area contributed by atoms with E-state index in [-0.39, 0.29) is 22.7 Å². The monoisotopic (exact) mass is 672 g/mol. The van der Waals surface area contributed by atoms with Crippen LogP contribution in [0.2, 0.25) is 0 Å². The van der Waals surface area contributed by atoms with Crippen molar-refractivity contribution in [3.8, 4) is 5.75 Å². The summed E-state index contributed by atoms with van der Waals surface area (Å²) >= 11 is 1.32. The summed E-state index contributed by atoms with van der Waals surface area (Å²) in [4.78, 5) is 28.5. The summed E-state index contributed by atoms with van der Waals surface area (Å²) < 4.78 is 12.4. The first-order valence-electron chi connectivity index (χ1n) is 16.5. The minimum Gasteiger partial charge on any atom is -0.497 e. The van der Waals surface area contributed by atoms with Gasteiger partial charge in [0.25, 0.3) is 0 Å². The number of benzene rings is 4. The number of hydrogen-bond donors (Lipinski definition) is 0. The van der Waals surface area contributed by atoms with Crippen molar-refractivity contribution in [2.75, 3.05) is 26.8 Å². The Morgan fingerprint density at radius 3 is 1.96 bits per heavy atom. The number of carbonyl (C=O) groups excluding carboxylic acids is 2. The lowest BCUT2D eigenvalue weighted by molar-refractivity contribution is -0.109. The van der Waals surface area contributed by atoms with Gasteiger partial charge in [-0.15, -0.1) is 5.10 Å². The molecule has 0 bridgehead atoms. The van der Waals surface area contributed by atoms with Gasteiger partial charge in [-0.3, -0.25) is 9.69 Å². The van der Waals surface area contributed by atoms with Crippen LogP contribution in [0.1, 0.15) is 58.7 Å². The van der Waals surface area contributed by atoms with E-state index in [0.29, 0.717) is 18.8 Å². The maximum Gasteiger partial charge on any atom is 0.358 e. The Hall–Kier alpha value is -4.99. The number of methoxy groups -OCH3 is 1. The highest BCUT2D eigenvalue weighted by Gasteiger charge is 2.44. The third kappa shape index (κ3) is 7.23. The molecule has 250 valence electrons. The summed E-state index contributed by atoms with van der Waals surface area (Å²) in [6.45, 7) is 5.18. The fraction of sp³-hybridized carbons (Fsp3) is 0.250. The van der Waals surface area contributed by atoms with Crippen molar-refractivity contribution < 1.29 is 19.1 Å². The molecule has 1 fully saturated rings. The number of hydrogen-bond acceptors (Lipinski definition) is 8. The predicted molar refractivity (Wildman–Crippen MR) is 194 cm³/mol. The van der Waals surface area contributed by atoms with Crippen LogP contribution in [0.25, 0.3) is 6.08 Å². The predicted octanol–water partition coefficient (Wildman–Crippen LogP) is 7.24. The molecule has 0 N–H and O–H groups in total. The number of nitrogens with zero attached hydrogens (tertiary/aromatic N) is 4. The number of esters is 1. The van der Waals surface area contributed by atoms with Crippen molar-refractivity contribution in [2.24, 2.45) is 0 Å². The third-order valence-corrected chi connectivity index (χ3v) is 10.0. The fourth-order valence-corrected chi connectivity index (χ4v) is 7.65. The van der Waals surface area contributed by atoms with Gasteiger partial charge in [0.15, 0.2) is 10.8 Å². The second kappa shape index (κ2) is 15.5. The van der Waals surface area contributed by atoms with Crippen LogP contribution in [0.4, 0.5) is 0 Å². The Kier molecular flexibility index (Phi) is 10.7. The highest BCUT2D eigenvalue weighted by molar-refractivity contribution is 8.14. The molecule has 6 rings (SSSR count). The van der Waals surface area contributed by atoms with Crippen LogP contribution < -0.4 is 4.74 Å². The maximum absolute atomic E-state index is 13.5. The Morgan fingerprint density at radius 2 is 1.45 bits per heavy atom. The molecule has 0 aliphatic carbocycles. The van der Waals surface area contributed by atoms with Gasteiger partial charge >= 0.3 is 5.97 Å². The number of aromatic nitrogens is 3. The van der Waals surface area contributed by atoms with E-state index >= 15 is 0 Å². The molecule has 5 aromatic rings. The largest absolute Gasteiger partial charge is 0.497 e. The molecule has 1 aliphatic rings. The summed E-state index contributed by atoms with van der Waals surface area (Å²) in [5.74, 6) is 0.246. The molecule has 1 aliphatic heterocycles. The van der Waals surface area contributed by atoms with Crippen LogP contribution in [-0.4, -0.2) is 63.0 Å². The van der Waals surface area contributed by atoms with Gasteiger partial charge in [0.2, 0.25) is 0 Å². The highest BCUT2D eigenvalue weighted by Crippen LogP contribution is 2.45. The summed E-state index contributed by atoms with van der Waals surface area (Å²) in [5.41, 5.74) is 5.40. The number of likely N-dealkylation sites (tertiary alicyclic amines) is 1. The normalized spacial score (nSPS) is 16.0. The average molecular weight is 673 g/mol. The zero-order valence-corrected chi connectivity index (χ0v) is 28.8. The molecule has 2 heterocycles. The molecule has 8 nitrogen and oxygen atoms in total. The average Bonchev–Trinajstić information content (AvgIpc) is 3.53. The minimum atomic E-state index is -0.634. The van der Waals surface area contributed by atoms with E-state index < -0.39 is 11.5 Å². The van der Waals surface area contributed by atoms with Gasteiger partial charge in [0.1, 0.15) is 11.4 Å². The molecule has 1 unspecified atom stereocenters. The van der Waals surface area contributed by atoms with E-state index in [1.54, 1.807) is 25.6 Å². The number of thioether (sulfide) groups is 1. The van der Waals surface area contributed by atoms with Crippen LogP contribution >= 0.6 is 11.8 Å². The molecule has 4 aromatic carbocycles. The van der Waals surface area contributed by atoms with E-state index in [0.717, 1.165) is 46.5 Å². The van der Waals surface area contributed by atoms with Gasteiger partial charge in [-0.05, 0) is 59.4 Å². The van der Waals surface area contributed by atoms with Gasteiger partial charge < -0.3 is 9.47 Å². The first kappa shape index (κ1) is 33.9. The van der Waals surface area contributed by atoms with Crippen molar-refractivity contribution >= 4 is 28.9 Å². The second-order valence-corrected chi connectivity index (χ2v) is 13.3. The van der Waals surface area contributed by atoms with Crippen molar-refractivity contribution in [3.05, 3.63) is 154 Å². The van der Waals surface area contributed by atoms with Crippen LogP contribution in [0, 0.1) is 0 Å². The first-order chi connectivity index (χ1) is 23.9. The van der Waals surface area contributed by atoms with E-state index in [2.05, 4.69) is 88.0 Å². The van der Waals surface area contributed by atoms with Crippen LogP contribution in [0.5, 0.6) is 5.75 Å². The van der Waals surface area contributed by atoms with Crippen LogP contribution in [0.3, 0.4) is 0 Å². The minimum absolute atomic E-state index is 0.0403. The molecule has 1 aromatic heterocycles. The Labute approximate surface area is 291 Å². The van der Waals surface area contributed by atoms with Crippen LogP contribution in [-0.2, 0) is 21.6 Å². The molecule has 9 heteroatoms. The quantitative estimate of drug-likeness (QED) is 0.107. The van der Waals surface area contributed by atoms with E-state index in [4.69, 9.17) is 9.47 Å². The summed E-state index contributed by atoms with van der Waals surface area (Å²) in [7, 11) is 1.62. The molecular weight excluding hydrogens is 633 g/mol. The van der Waals surface area contributed by atoms with Crippen LogP contribution in [0.15, 0.2) is 121 Å². The summed E-state index contributed by atoms with van der Waals surface area (Å²) in [5, 5.41) is 8.88. The molecule has 49 heavy (non-hydrogen) atoms. The summed E-state index contributed by atoms with van der Waals surface area (Å²) in [6, 6.07) is 39.3. The summed E-state index contributed by atoms with van der Waals surface area (Å²) in [6.07, 6.45) is 2.67. The van der Waals surface area contributed by atoms with E-state index in [9.17, 15) is 9.59 Å². The molecule has 0 radical (unpaired) electrons. The Bertz CT molecular complexity index is 1800. The topological polar surface area (TPSA) is 86.5 Å². The highest BCUT2D eigenvalue weighted by atomic mass is 32.2. The van der Waals surface area contributed by atoms with Gasteiger partial charge in [0.05, 0.1) is 25.8 Å². The standard InChI is InChI=1S/C40H40N4O4S/c1-4-48-39(46)38-36(41-42-44(38)27-30-20-22-35(47-3)23-21-30)26-31-28-43(25-24-37(31)49-29(2)45)40(32-14-8-5-9-15-32,33-16-10-6-11-17-33)34-18-12-7-13-19-34/h5-23,26,37H,4,24-25,27-28H2,1-3H3/b31-26+. The van der Waals surface area contributed by atoms with Crippen molar-refractivity contribution in [1.29, 1.82) is 0 Å². The van der Waals surface area contributed by atoms with Gasteiger partial charge in [-0.1, -0.05) is 120 Å². The zero-order chi connectivity index (χ0) is 34.2. The van der Waals surface area contributed by atoms with Crippen molar-refractivity contribution in [3.63, 3.8) is 0 Å². The van der Waals surface area contributed by atoms with Gasteiger partial charge in [0, 0.05) is 25.3 Å².